The Hall–Kier alpha value is -2.16. The maximum absolute atomic E-state index is 14.2. The molecule has 11 heteroatoms. The number of hydrogen-bond acceptors (Lipinski definition) is 4. The van der Waals surface area contributed by atoms with E-state index in [4.69, 9.17) is 44.4 Å². The van der Waals surface area contributed by atoms with Crippen LogP contribution < -0.4 is 5.32 Å². The molecular formula is C22H20Cl3F3N2O3. The Morgan fingerprint density at radius 1 is 1.12 bits per heavy atom. The Morgan fingerprint density at radius 3 is 2.27 bits per heavy atom. The highest BCUT2D eigenvalue weighted by Gasteiger charge is 2.62. The fraction of sp³-hybridized carbons (Fsp3) is 0.364. The van der Waals surface area contributed by atoms with Gasteiger partial charge in [0.25, 0.3) is 5.60 Å². The summed E-state index contributed by atoms with van der Waals surface area (Å²) >= 11 is 17.8. The average molecular weight is 524 g/mol. The van der Waals surface area contributed by atoms with Crippen LogP contribution in [0.25, 0.3) is 0 Å². The van der Waals surface area contributed by atoms with E-state index in [-0.39, 0.29) is 26.3 Å². The van der Waals surface area contributed by atoms with E-state index < -0.39 is 29.9 Å². The normalized spacial score (nSPS) is 18.5. The number of nitrogens with one attached hydrogen (secondary N) is 1. The van der Waals surface area contributed by atoms with Gasteiger partial charge >= 0.3 is 12.3 Å². The van der Waals surface area contributed by atoms with Crippen LogP contribution in [0.3, 0.4) is 0 Å². The summed E-state index contributed by atoms with van der Waals surface area (Å²) in [7, 11) is 0. The summed E-state index contributed by atoms with van der Waals surface area (Å²) in [5.41, 5.74) is -2.43. The van der Waals surface area contributed by atoms with E-state index >= 15 is 0 Å². The molecule has 0 bridgehead atoms. The van der Waals surface area contributed by atoms with E-state index in [9.17, 15) is 18.0 Å². The van der Waals surface area contributed by atoms with Crippen LogP contribution in [0.4, 0.5) is 23.7 Å². The molecule has 1 amide bonds. The van der Waals surface area contributed by atoms with Crippen LogP contribution in [-0.2, 0) is 15.2 Å². The molecule has 178 valence electrons. The van der Waals surface area contributed by atoms with E-state index in [1.165, 1.54) is 6.07 Å². The first kappa shape index (κ1) is 25.5. The quantitative estimate of drug-likeness (QED) is 0.416. The molecule has 0 aromatic heterocycles. The van der Waals surface area contributed by atoms with Crippen LogP contribution in [-0.4, -0.2) is 23.6 Å². The molecule has 3 rings (SSSR count). The molecule has 0 radical (unpaired) electrons. The number of amides is 1. The molecule has 1 atom stereocenters. The molecule has 0 spiro atoms. The Morgan fingerprint density at radius 2 is 1.73 bits per heavy atom. The van der Waals surface area contributed by atoms with Crippen molar-refractivity contribution in [1.29, 1.82) is 0 Å². The van der Waals surface area contributed by atoms with Crippen LogP contribution in [0.2, 0.25) is 15.1 Å². The van der Waals surface area contributed by atoms with Crippen LogP contribution in [0.15, 0.2) is 35.5 Å². The zero-order valence-corrected chi connectivity index (χ0v) is 20.3. The van der Waals surface area contributed by atoms with Gasteiger partial charge in [0.05, 0.1) is 20.8 Å². The number of alkyl halides is 3. The Bertz CT molecular complexity index is 1110. The number of rotatable bonds is 3. The third-order valence-corrected chi connectivity index (χ3v) is 6.04. The highest BCUT2D eigenvalue weighted by Crippen LogP contribution is 2.50. The molecule has 33 heavy (non-hydrogen) atoms. The van der Waals surface area contributed by atoms with E-state index in [1.54, 1.807) is 39.8 Å². The van der Waals surface area contributed by atoms with Crippen molar-refractivity contribution in [3.8, 4) is 0 Å². The summed E-state index contributed by atoms with van der Waals surface area (Å²) in [5, 5.41) is 5.99. The summed E-state index contributed by atoms with van der Waals surface area (Å²) in [6.45, 7) is 6.88. The molecule has 0 saturated carbocycles. The molecule has 2 aromatic carbocycles. The van der Waals surface area contributed by atoms with E-state index in [2.05, 4.69) is 10.5 Å². The number of carbonyl (C=O) groups excluding carboxylic acids is 1. The first-order valence-corrected chi connectivity index (χ1v) is 10.8. The summed E-state index contributed by atoms with van der Waals surface area (Å²) in [4.78, 5) is 17.2. The number of nitrogens with zero attached hydrogens (tertiary/aromatic N) is 1. The lowest BCUT2D eigenvalue weighted by Gasteiger charge is -2.30. The van der Waals surface area contributed by atoms with Gasteiger partial charge in [-0.2, -0.15) is 13.2 Å². The van der Waals surface area contributed by atoms with Crippen molar-refractivity contribution in [2.75, 3.05) is 5.32 Å². The molecule has 0 aliphatic carbocycles. The monoisotopic (exact) mass is 522 g/mol. The molecule has 1 heterocycles. The number of oxime groups is 1. The van der Waals surface area contributed by atoms with Gasteiger partial charge in [-0.1, -0.05) is 52.1 Å². The van der Waals surface area contributed by atoms with Gasteiger partial charge in [-0.25, -0.2) is 4.79 Å². The number of benzene rings is 2. The molecule has 5 nitrogen and oxygen atoms in total. The Kier molecular flexibility index (Phi) is 6.86. The second-order valence-electron chi connectivity index (χ2n) is 8.54. The first-order chi connectivity index (χ1) is 15.1. The maximum atomic E-state index is 14.2. The van der Waals surface area contributed by atoms with E-state index in [0.29, 0.717) is 16.8 Å². The van der Waals surface area contributed by atoms with Gasteiger partial charge in [0.15, 0.2) is 0 Å². The second kappa shape index (κ2) is 8.89. The number of aryl methyl sites for hydroxylation is 1. The number of hydrogen-bond donors (Lipinski definition) is 1. The van der Waals surface area contributed by atoms with Crippen molar-refractivity contribution in [3.63, 3.8) is 0 Å². The summed E-state index contributed by atoms with van der Waals surface area (Å²) in [6, 6.07) is 6.87. The van der Waals surface area contributed by atoms with Crippen molar-refractivity contribution in [3.05, 3.63) is 62.1 Å². The fourth-order valence-electron chi connectivity index (χ4n) is 3.20. The van der Waals surface area contributed by atoms with Gasteiger partial charge in [-0.05, 0) is 51.5 Å². The minimum absolute atomic E-state index is 0.0294. The Balaban J connectivity index is 1.94. The molecule has 2 aromatic rings. The molecule has 1 N–H and O–H groups in total. The van der Waals surface area contributed by atoms with Gasteiger partial charge in [0.1, 0.15) is 5.60 Å². The summed E-state index contributed by atoms with van der Waals surface area (Å²) in [6.07, 6.45) is -6.18. The summed E-state index contributed by atoms with van der Waals surface area (Å²) in [5.74, 6) is 0. The predicted molar refractivity (Wildman–Crippen MR) is 122 cm³/mol. The van der Waals surface area contributed by atoms with E-state index in [1.807, 2.05) is 0 Å². The topological polar surface area (TPSA) is 59.9 Å². The smallest absolute Gasteiger partial charge is 0.435 e. The fourth-order valence-corrected chi connectivity index (χ4v) is 3.79. The largest absolute Gasteiger partial charge is 0.444 e. The third-order valence-electron chi connectivity index (χ3n) is 4.84. The van der Waals surface area contributed by atoms with Gasteiger partial charge in [0.2, 0.25) is 0 Å². The molecule has 1 aliphatic rings. The van der Waals surface area contributed by atoms with E-state index in [0.717, 1.165) is 12.1 Å². The molecule has 0 saturated heterocycles. The van der Waals surface area contributed by atoms with Crippen LogP contribution >= 0.6 is 34.8 Å². The highest BCUT2D eigenvalue weighted by atomic mass is 35.5. The molecule has 1 aliphatic heterocycles. The van der Waals surface area contributed by atoms with Gasteiger partial charge in [-0.15, -0.1) is 0 Å². The predicted octanol–water partition coefficient (Wildman–Crippen LogP) is 7.88. The lowest BCUT2D eigenvalue weighted by molar-refractivity contribution is -0.275. The van der Waals surface area contributed by atoms with Crippen molar-refractivity contribution >= 4 is 52.3 Å². The lowest BCUT2D eigenvalue weighted by atomic mass is 9.86. The SMILES string of the molecule is Cc1ccc(C2=NOC(c3cc(Cl)c(Cl)c(Cl)c3)(C(F)(F)F)C2)cc1NC(=O)OC(C)(C)C. The summed E-state index contributed by atoms with van der Waals surface area (Å²) < 4.78 is 47.9. The van der Waals surface area contributed by atoms with Crippen LogP contribution in [0.5, 0.6) is 0 Å². The van der Waals surface area contributed by atoms with Crippen molar-refractivity contribution in [2.45, 2.75) is 51.5 Å². The lowest BCUT2D eigenvalue weighted by Crippen LogP contribution is -2.42. The second-order valence-corrected chi connectivity index (χ2v) is 9.73. The van der Waals surface area contributed by atoms with Crippen LogP contribution in [0, 0.1) is 6.92 Å². The van der Waals surface area contributed by atoms with Gasteiger partial charge < -0.3 is 9.57 Å². The highest BCUT2D eigenvalue weighted by molar-refractivity contribution is 6.48. The Labute approximate surface area is 203 Å². The third kappa shape index (κ3) is 5.34. The standard InChI is InChI=1S/C22H20Cl3F3N2O3/c1-11-5-6-12(7-16(11)29-19(31)32-20(2,3)4)17-10-21(33-30-17,22(26,27)28)13-8-14(23)18(25)15(24)9-13/h5-9H,10H2,1-4H3,(H,29,31). The first-order valence-electron chi connectivity index (χ1n) is 9.71. The average Bonchev–Trinajstić information content (AvgIpc) is 3.13. The number of halogens is 6. The zero-order chi connectivity index (χ0) is 24.8. The van der Waals surface area contributed by atoms with Crippen molar-refractivity contribution in [1.82, 2.24) is 0 Å². The maximum Gasteiger partial charge on any atom is 0.435 e. The van der Waals surface area contributed by atoms with Crippen LogP contribution in [0.1, 0.15) is 43.9 Å². The number of anilines is 1. The molecular weight excluding hydrogens is 504 g/mol. The number of carbonyl (C=O) groups is 1. The van der Waals surface area contributed by atoms with Gasteiger partial charge in [-0.3, -0.25) is 5.32 Å². The zero-order valence-electron chi connectivity index (χ0n) is 18.0. The minimum Gasteiger partial charge on any atom is -0.444 e. The van der Waals surface area contributed by atoms with Crippen molar-refractivity contribution < 1.29 is 27.5 Å². The minimum atomic E-state index is -4.85. The van der Waals surface area contributed by atoms with Crippen molar-refractivity contribution in [2.24, 2.45) is 5.16 Å². The number of ether oxygens (including phenoxy) is 1. The van der Waals surface area contributed by atoms with Gasteiger partial charge in [0, 0.05) is 23.2 Å². The molecule has 0 fully saturated rings. The molecule has 1 unspecified atom stereocenters.